The summed E-state index contributed by atoms with van der Waals surface area (Å²) in [5, 5.41) is 0.581. The molecule has 1 fully saturated rings. The average molecular weight is 385 g/mol. The minimum Gasteiger partial charge on any atom is -0.489 e. The Morgan fingerprint density at radius 1 is 1.33 bits per heavy atom. The zero-order chi connectivity index (χ0) is 18.6. The zero-order valence-corrected chi connectivity index (χ0v) is 15.7. The number of benzene rings is 1. The molecular formula is C20H20FN3O2S. The van der Waals surface area contributed by atoms with Crippen molar-refractivity contribution >= 4 is 16.9 Å². The Kier molecular flexibility index (Phi) is 3.91. The Morgan fingerprint density at radius 2 is 2.22 bits per heavy atom. The maximum atomic E-state index is 14.3. The third-order valence-corrected chi connectivity index (χ3v) is 6.76. The van der Waals surface area contributed by atoms with Gasteiger partial charge >= 0.3 is 0 Å². The first-order chi connectivity index (χ1) is 13.1. The smallest absolute Gasteiger partial charge is 0.220 e. The van der Waals surface area contributed by atoms with E-state index in [1.54, 1.807) is 23.9 Å². The maximum Gasteiger partial charge on any atom is 0.220 e. The standard InChI is InChI=1S/C20H20FN3O2S/c1-11-17-16(6-8-25-11)26-15-5-4-12(13-3-2-7-23-18(13)21)9-14(15)20(17)10-27-19(22)24-20/h2-5,7,9,11,16-17H,6,8,10H2,1H3,(H2,22,24). The molecule has 3 aliphatic heterocycles. The molecule has 1 saturated heterocycles. The van der Waals surface area contributed by atoms with Gasteiger partial charge in [0.05, 0.1) is 18.6 Å². The van der Waals surface area contributed by atoms with E-state index in [4.69, 9.17) is 20.2 Å². The van der Waals surface area contributed by atoms with Crippen molar-refractivity contribution in [2.45, 2.75) is 31.1 Å². The number of hydrogen-bond donors (Lipinski definition) is 1. The van der Waals surface area contributed by atoms with Crippen LogP contribution in [0.15, 0.2) is 41.5 Å². The van der Waals surface area contributed by atoms with Crippen LogP contribution in [0.5, 0.6) is 5.75 Å². The number of nitrogens with zero attached hydrogens (tertiary/aromatic N) is 2. The van der Waals surface area contributed by atoms with Crippen LogP contribution in [-0.2, 0) is 10.3 Å². The van der Waals surface area contributed by atoms with Crippen molar-refractivity contribution in [3.05, 3.63) is 48.0 Å². The number of fused-ring (bicyclic) bond motifs is 4. The van der Waals surface area contributed by atoms with Crippen molar-refractivity contribution in [2.24, 2.45) is 16.6 Å². The Balaban J connectivity index is 1.70. The summed E-state index contributed by atoms with van der Waals surface area (Å²) in [6.45, 7) is 2.76. The van der Waals surface area contributed by atoms with Gasteiger partial charge in [0.1, 0.15) is 17.4 Å². The molecule has 7 heteroatoms. The van der Waals surface area contributed by atoms with Crippen LogP contribution in [0.3, 0.4) is 0 Å². The Hall–Kier alpha value is -2.12. The SMILES string of the molecule is CC1OCCC2Oc3ccc(-c4cccnc4F)cc3C3(CSC(N)=N3)C12. The highest BCUT2D eigenvalue weighted by atomic mass is 32.2. The van der Waals surface area contributed by atoms with Crippen LogP contribution in [-0.4, -0.2) is 34.7 Å². The molecule has 140 valence electrons. The minimum absolute atomic E-state index is 0.00549. The van der Waals surface area contributed by atoms with Crippen LogP contribution < -0.4 is 10.5 Å². The van der Waals surface area contributed by atoms with Gasteiger partial charge in [-0.1, -0.05) is 17.8 Å². The molecule has 4 atom stereocenters. The Labute approximate surface area is 161 Å². The normalized spacial score (nSPS) is 31.8. The van der Waals surface area contributed by atoms with Gasteiger partial charge in [-0.3, -0.25) is 0 Å². The lowest BCUT2D eigenvalue weighted by atomic mass is 9.70. The third-order valence-electron chi connectivity index (χ3n) is 5.79. The van der Waals surface area contributed by atoms with Gasteiger partial charge in [0, 0.05) is 29.5 Å². The van der Waals surface area contributed by atoms with Crippen molar-refractivity contribution < 1.29 is 13.9 Å². The average Bonchev–Trinajstić information content (AvgIpc) is 3.04. The maximum absolute atomic E-state index is 14.3. The van der Waals surface area contributed by atoms with Crippen LogP contribution >= 0.6 is 11.8 Å². The second kappa shape index (κ2) is 6.21. The molecule has 1 spiro atoms. The number of amidine groups is 1. The first-order valence-corrected chi connectivity index (χ1v) is 10.1. The Morgan fingerprint density at radius 3 is 3.00 bits per heavy atom. The summed E-state index contributed by atoms with van der Waals surface area (Å²) in [6, 6.07) is 9.25. The van der Waals surface area contributed by atoms with Crippen molar-refractivity contribution in [1.29, 1.82) is 0 Å². The number of hydrogen-bond acceptors (Lipinski definition) is 6. The molecule has 1 aromatic carbocycles. The van der Waals surface area contributed by atoms with Gasteiger partial charge in [-0.25, -0.2) is 9.98 Å². The molecule has 5 nitrogen and oxygen atoms in total. The van der Waals surface area contributed by atoms with E-state index in [-0.39, 0.29) is 18.1 Å². The molecule has 1 aromatic heterocycles. The van der Waals surface area contributed by atoms with Crippen molar-refractivity contribution in [2.75, 3.05) is 12.4 Å². The van der Waals surface area contributed by atoms with Crippen LogP contribution in [0.2, 0.25) is 0 Å². The predicted octanol–water partition coefficient (Wildman–Crippen LogP) is 3.33. The summed E-state index contributed by atoms with van der Waals surface area (Å²) in [5.74, 6) is 1.13. The van der Waals surface area contributed by atoms with Gasteiger partial charge in [0.2, 0.25) is 5.95 Å². The van der Waals surface area contributed by atoms with Gasteiger partial charge in [-0.15, -0.1) is 0 Å². The third kappa shape index (κ3) is 2.56. The number of halogens is 1. The second-order valence-corrected chi connectivity index (χ2v) is 8.26. The van der Waals surface area contributed by atoms with Gasteiger partial charge < -0.3 is 15.2 Å². The van der Waals surface area contributed by atoms with Gasteiger partial charge in [0.25, 0.3) is 0 Å². The highest BCUT2D eigenvalue weighted by Crippen LogP contribution is 2.54. The monoisotopic (exact) mass is 385 g/mol. The molecule has 2 aromatic rings. The summed E-state index contributed by atoms with van der Waals surface area (Å²) in [5.41, 5.74) is 7.77. The first kappa shape index (κ1) is 17.0. The lowest BCUT2D eigenvalue weighted by Crippen LogP contribution is -2.55. The van der Waals surface area contributed by atoms with Gasteiger partial charge in [-0.05, 0) is 36.8 Å². The highest BCUT2D eigenvalue weighted by molar-refractivity contribution is 8.14. The molecule has 2 N–H and O–H groups in total. The fraction of sp³-hybridized carbons (Fsp3) is 0.400. The van der Waals surface area contributed by atoms with Gasteiger partial charge in [0.15, 0.2) is 5.17 Å². The predicted molar refractivity (Wildman–Crippen MR) is 103 cm³/mol. The van der Waals surface area contributed by atoms with E-state index in [1.807, 2.05) is 18.2 Å². The number of aliphatic imine (C=N–C) groups is 1. The van der Waals surface area contributed by atoms with E-state index in [1.165, 1.54) is 6.20 Å². The number of thioether (sulfide) groups is 1. The van der Waals surface area contributed by atoms with E-state index in [0.717, 1.165) is 29.1 Å². The highest BCUT2D eigenvalue weighted by Gasteiger charge is 2.56. The lowest BCUT2D eigenvalue weighted by molar-refractivity contribution is -0.108. The molecule has 4 heterocycles. The van der Waals surface area contributed by atoms with Crippen LogP contribution in [0.25, 0.3) is 11.1 Å². The molecule has 0 aliphatic carbocycles. The summed E-state index contributed by atoms with van der Waals surface area (Å²) >= 11 is 1.56. The summed E-state index contributed by atoms with van der Waals surface area (Å²) in [6.07, 6.45) is 2.32. The van der Waals surface area contributed by atoms with Crippen molar-refractivity contribution in [3.63, 3.8) is 0 Å². The minimum atomic E-state index is -0.512. The van der Waals surface area contributed by atoms with Crippen LogP contribution in [0, 0.1) is 11.9 Å². The van der Waals surface area contributed by atoms with E-state index in [9.17, 15) is 4.39 Å². The summed E-state index contributed by atoms with van der Waals surface area (Å²) < 4.78 is 26.5. The summed E-state index contributed by atoms with van der Waals surface area (Å²) in [4.78, 5) is 8.68. The molecule has 0 saturated carbocycles. The largest absolute Gasteiger partial charge is 0.489 e. The molecular weight excluding hydrogens is 365 g/mol. The number of nitrogens with two attached hydrogens (primary N) is 1. The molecule has 0 radical (unpaired) electrons. The van der Waals surface area contributed by atoms with E-state index in [2.05, 4.69) is 11.9 Å². The van der Waals surface area contributed by atoms with Gasteiger partial charge in [-0.2, -0.15) is 4.39 Å². The molecule has 27 heavy (non-hydrogen) atoms. The lowest BCUT2D eigenvalue weighted by Gasteiger charge is -2.49. The Bertz CT molecular complexity index is 937. The summed E-state index contributed by atoms with van der Waals surface area (Å²) in [7, 11) is 0. The molecule has 0 bridgehead atoms. The van der Waals surface area contributed by atoms with Crippen molar-refractivity contribution in [3.8, 4) is 16.9 Å². The van der Waals surface area contributed by atoms with E-state index in [0.29, 0.717) is 17.3 Å². The number of pyridine rings is 1. The molecule has 0 amide bonds. The zero-order valence-electron chi connectivity index (χ0n) is 14.9. The van der Waals surface area contributed by atoms with E-state index < -0.39 is 11.5 Å². The second-order valence-electron chi connectivity index (χ2n) is 7.26. The quantitative estimate of drug-likeness (QED) is 0.763. The number of aromatic nitrogens is 1. The number of rotatable bonds is 1. The molecule has 5 rings (SSSR count). The van der Waals surface area contributed by atoms with E-state index >= 15 is 0 Å². The topological polar surface area (TPSA) is 69.7 Å². The molecule has 4 unspecified atom stereocenters. The number of ether oxygens (including phenoxy) is 2. The fourth-order valence-corrected chi connectivity index (χ4v) is 5.63. The van der Waals surface area contributed by atoms with Crippen LogP contribution in [0.4, 0.5) is 4.39 Å². The molecule has 3 aliphatic rings. The first-order valence-electron chi connectivity index (χ1n) is 9.10. The van der Waals surface area contributed by atoms with Crippen molar-refractivity contribution in [1.82, 2.24) is 4.98 Å². The van der Waals surface area contributed by atoms with Crippen LogP contribution in [0.1, 0.15) is 18.9 Å². The fourth-order valence-electron chi connectivity index (χ4n) is 4.62.